The summed E-state index contributed by atoms with van der Waals surface area (Å²) < 4.78 is 15.6. The van der Waals surface area contributed by atoms with Gasteiger partial charge >= 0.3 is 5.97 Å². The number of carboxylic acids is 1. The summed E-state index contributed by atoms with van der Waals surface area (Å²) in [5, 5.41) is 18.7. The van der Waals surface area contributed by atoms with E-state index in [4.69, 9.17) is 20.3 Å². The van der Waals surface area contributed by atoms with Crippen LogP contribution in [0.1, 0.15) is 131 Å². The van der Waals surface area contributed by atoms with E-state index in [9.17, 15) is 14.7 Å². The molecule has 5 aliphatic rings. The van der Waals surface area contributed by atoms with Crippen molar-refractivity contribution in [1.29, 1.82) is 0 Å². The van der Waals surface area contributed by atoms with Crippen molar-refractivity contribution in [3.8, 4) is 0 Å². The molecule has 0 aromatic carbocycles. The number of ether oxygens (including phenoxy) is 2. The summed E-state index contributed by atoms with van der Waals surface area (Å²) in [6.45, 7) is 26.4. The minimum absolute atomic E-state index is 0.162. The molecule has 12 atom stereocenters. The zero-order chi connectivity index (χ0) is 37.5. The molecule has 1 aliphatic heterocycles. The third-order valence-electron chi connectivity index (χ3n) is 16.4. The predicted molar refractivity (Wildman–Crippen MR) is 198 cm³/mol. The van der Waals surface area contributed by atoms with E-state index in [1.165, 1.54) is 5.57 Å². The van der Waals surface area contributed by atoms with Gasteiger partial charge < -0.3 is 25.6 Å². The van der Waals surface area contributed by atoms with Crippen LogP contribution in [0.5, 0.6) is 0 Å². The number of carbonyl (C=O) groups excluding carboxylic acids is 1. The zero-order valence-electron chi connectivity index (χ0n) is 33.3. The van der Waals surface area contributed by atoms with Crippen LogP contribution in [0.2, 0.25) is 0 Å². The standard InChI is InChI=1S/C41H67N5O5/c1-12-43-34(47)33-44-23-46(45-33)29-19-41-22-50-20-37(8,32(29)51-21-40(11,42)25(4)5)30(41)14-13-27-28(41)15-16-39(10)31(35(48)49)36(7,26(6)24(2)3)17-18-38(27,39)9/h15,23-27,29-32H,12-14,16-22,42H2,1-11H3,(H,43,47)(H,48,49)/t26-,27+,29-,30+,31-,32+,36-,37+,38-,39+,40+,41?/m1/s1. The van der Waals surface area contributed by atoms with E-state index in [0.29, 0.717) is 44.1 Å². The molecule has 1 aromatic rings. The van der Waals surface area contributed by atoms with Crippen molar-refractivity contribution in [3.63, 3.8) is 0 Å². The van der Waals surface area contributed by atoms with Gasteiger partial charge in [0.15, 0.2) is 0 Å². The molecule has 1 amide bonds. The maximum atomic E-state index is 13.5. The highest BCUT2D eigenvalue weighted by atomic mass is 16.5. The number of hydrogen-bond acceptors (Lipinski definition) is 7. The molecule has 0 radical (unpaired) electrons. The van der Waals surface area contributed by atoms with Gasteiger partial charge in [0.05, 0.1) is 37.9 Å². The topological polar surface area (TPSA) is 142 Å². The highest BCUT2D eigenvalue weighted by Crippen LogP contribution is 2.75. The summed E-state index contributed by atoms with van der Waals surface area (Å²) in [5.41, 5.74) is 6.29. The number of nitrogens with one attached hydrogen (secondary N) is 1. The molecule has 51 heavy (non-hydrogen) atoms. The Morgan fingerprint density at radius 3 is 2.45 bits per heavy atom. The minimum Gasteiger partial charge on any atom is -0.481 e. The first kappa shape index (κ1) is 38.4. The van der Waals surface area contributed by atoms with Gasteiger partial charge in [-0.1, -0.05) is 74.0 Å². The summed E-state index contributed by atoms with van der Waals surface area (Å²) in [6, 6.07) is -0.192. The summed E-state index contributed by atoms with van der Waals surface area (Å²) in [5.74, 6) is 0.289. The maximum absolute atomic E-state index is 13.5. The summed E-state index contributed by atoms with van der Waals surface area (Å²) in [7, 11) is 0. The normalized spacial score (nSPS) is 42.2. The van der Waals surface area contributed by atoms with E-state index >= 15 is 0 Å². The van der Waals surface area contributed by atoms with Crippen LogP contribution in [-0.2, 0) is 14.3 Å². The van der Waals surface area contributed by atoms with Crippen molar-refractivity contribution >= 4 is 11.9 Å². The molecule has 2 bridgehead atoms. The largest absolute Gasteiger partial charge is 0.481 e. The van der Waals surface area contributed by atoms with Crippen molar-refractivity contribution in [2.75, 3.05) is 26.4 Å². The number of hydrogen-bond donors (Lipinski definition) is 3. The number of aromatic nitrogens is 3. The molecule has 0 spiro atoms. The number of amides is 1. The lowest BCUT2D eigenvalue weighted by Crippen LogP contribution is -2.69. The van der Waals surface area contributed by atoms with Gasteiger partial charge in [0.2, 0.25) is 5.82 Å². The van der Waals surface area contributed by atoms with Crippen LogP contribution >= 0.6 is 0 Å². The summed E-state index contributed by atoms with van der Waals surface area (Å²) in [6.07, 6.45) is 9.41. The van der Waals surface area contributed by atoms with Crippen LogP contribution in [0.25, 0.3) is 0 Å². The smallest absolute Gasteiger partial charge is 0.307 e. The van der Waals surface area contributed by atoms with Crippen LogP contribution in [0, 0.1) is 62.6 Å². The number of carbonyl (C=O) groups is 2. The maximum Gasteiger partial charge on any atom is 0.307 e. The van der Waals surface area contributed by atoms with Gasteiger partial charge in [-0.3, -0.25) is 9.59 Å². The van der Waals surface area contributed by atoms with Crippen molar-refractivity contribution in [3.05, 3.63) is 23.8 Å². The van der Waals surface area contributed by atoms with E-state index in [2.05, 4.69) is 85.6 Å². The number of allylic oxidation sites excluding steroid dienone is 1. The van der Waals surface area contributed by atoms with E-state index in [0.717, 1.165) is 38.5 Å². The summed E-state index contributed by atoms with van der Waals surface area (Å²) in [4.78, 5) is 30.8. The highest BCUT2D eigenvalue weighted by Gasteiger charge is 2.72. The average molecular weight is 710 g/mol. The first-order chi connectivity index (χ1) is 23.7. The van der Waals surface area contributed by atoms with Crippen molar-refractivity contribution in [2.24, 2.45) is 68.3 Å². The first-order valence-electron chi connectivity index (χ1n) is 19.8. The Hall–Kier alpha value is -2.30. The molecule has 2 heterocycles. The lowest BCUT2D eigenvalue weighted by Gasteiger charge is -2.71. The van der Waals surface area contributed by atoms with Gasteiger partial charge in [-0.05, 0) is 98.2 Å². The van der Waals surface area contributed by atoms with Gasteiger partial charge in [0.1, 0.15) is 6.33 Å². The Bertz CT molecular complexity index is 1540. The molecular weight excluding hydrogens is 642 g/mol. The Morgan fingerprint density at radius 2 is 1.82 bits per heavy atom. The monoisotopic (exact) mass is 710 g/mol. The Morgan fingerprint density at radius 1 is 1.12 bits per heavy atom. The van der Waals surface area contributed by atoms with Crippen LogP contribution in [0.4, 0.5) is 0 Å². The van der Waals surface area contributed by atoms with Gasteiger partial charge in [-0.2, -0.15) is 0 Å². The SMILES string of the molecule is CCNC(=O)c1ncn([C@@H]2CC34COC[C@@](C)([C@@H]3CC[C@H]3C4=CC[C@@]4(C)[C@H](C(=O)O)[C@@](C)([C@H](C)C(C)C)CC[C@]34C)[C@H]2OC[C@](C)(N)C(C)C)n1. The van der Waals surface area contributed by atoms with Crippen molar-refractivity contribution in [2.45, 2.75) is 132 Å². The third kappa shape index (κ3) is 5.57. The predicted octanol–water partition coefficient (Wildman–Crippen LogP) is 6.92. The van der Waals surface area contributed by atoms with Crippen molar-refractivity contribution < 1.29 is 24.2 Å². The highest BCUT2D eigenvalue weighted by molar-refractivity contribution is 5.90. The van der Waals surface area contributed by atoms with Gasteiger partial charge in [-0.25, -0.2) is 9.67 Å². The van der Waals surface area contributed by atoms with E-state index in [1.807, 2.05) is 11.6 Å². The number of aliphatic carboxylic acids is 1. The Balaban J connectivity index is 1.45. The third-order valence-corrected chi connectivity index (χ3v) is 16.4. The minimum atomic E-state index is -0.643. The second-order valence-corrected chi connectivity index (χ2v) is 19.4. The van der Waals surface area contributed by atoms with Gasteiger partial charge in [0, 0.05) is 22.9 Å². The molecular formula is C41H67N5O5. The molecule has 6 rings (SSSR count). The van der Waals surface area contributed by atoms with Crippen LogP contribution in [-0.4, -0.2) is 69.8 Å². The zero-order valence-corrected chi connectivity index (χ0v) is 33.3. The van der Waals surface area contributed by atoms with E-state index in [-0.39, 0.29) is 62.8 Å². The lowest BCUT2D eigenvalue weighted by molar-refractivity contribution is -0.252. The van der Waals surface area contributed by atoms with Crippen LogP contribution < -0.4 is 11.1 Å². The number of carboxylic acid groups (broad SMARTS) is 1. The molecule has 4 fully saturated rings. The second-order valence-electron chi connectivity index (χ2n) is 19.4. The first-order valence-corrected chi connectivity index (χ1v) is 19.8. The fourth-order valence-corrected chi connectivity index (χ4v) is 12.4. The fraction of sp³-hybridized carbons (Fsp3) is 0.854. The molecule has 10 nitrogen and oxygen atoms in total. The van der Waals surface area contributed by atoms with Crippen LogP contribution in [0.3, 0.4) is 0 Å². The number of nitrogens with two attached hydrogens (primary N) is 1. The molecule has 4 N–H and O–H groups in total. The van der Waals surface area contributed by atoms with Gasteiger partial charge in [-0.15, -0.1) is 5.10 Å². The summed E-state index contributed by atoms with van der Waals surface area (Å²) >= 11 is 0. The molecule has 10 heteroatoms. The van der Waals surface area contributed by atoms with Crippen LogP contribution in [0.15, 0.2) is 18.0 Å². The Kier molecular flexibility index (Phi) is 9.74. The average Bonchev–Trinajstić information content (AvgIpc) is 3.54. The molecule has 1 aromatic heterocycles. The van der Waals surface area contributed by atoms with E-state index in [1.54, 1.807) is 6.33 Å². The quantitative estimate of drug-likeness (QED) is 0.223. The molecule has 3 saturated carbocycles. The molecule has 1 saturated heterocycles. The number of nitrogens with zero attached hydrogens (tertiary/aromatic N) is 3. The second kappa shape index (κ2) is 12.9. The molecule has 1 unspecified atom stereocenters. The number of rotatable bonds is 10. The fourth-order valence-electron chi connectivity index (χ4n) is 12.4. The van der Waals surface area contributed by atoms with Gasteiger partial charge in [0.25, 0.3) is 5.91 Å². The molecule has 4 aliphatic carbocycles. The lowest BCUT2D eigenvalue weighted by atomic mass is 9.34. The number of fused-ring (bicyclic) bond motifs is 3. The van der Waals surface area contributed by atoms with E-state index < -0.39 is 17.4 Å². The Labute approximate surface area is 306 Å². The molecule has 286 valence electrons. The van der Waals surface area contributed by atoms with Crippen molar-refractivity contribution in [1.82, 2.24) is 20.1 Å².